The van der Waals surface area contributed by atoms with Crippen molar-refractivity contribution >= 4 is 5.91 Å². The Morgan fingerprint density at radius 3 is 2.72 bits per heavy atom. The molecule has 1 aliphatic carbocycles. The van der Waals surface area contributed by atoms with Crippen molar-refractivity contribution in [1.29, 1.82) is 0 Å². The van der Waals surface area contributed by atoms with E-state index in [2.05, 4.69) is 25.7 Å². The Morgan fingerprint density at radius 1 is 1.08 bits per heavy atom. The van der Waals surface area contributed by atoms with Gasteiger partial charge < -0.3 is 10.2 Å². The molecule has 2 atom stereocenters. The molecule has 0 radical (unpaired) electrons. The third kappa shape index (κ3) is 3.30. The van der Waals surface area contributed by atoms with Gasteiger partial charge in [0.05, 0.1) is 0 Å². The smallest absolute Gasteiger partial charge is 0.248 e. The van der Waals surface area contributed by atoms with Crippen LogP contribution in [0.5, 0.6) is 0 Å². The summed E-state index contributed by atoms with van der Waals surface area (Å²) >= 11 is 0. The minimum Gasteiger partial charge on any atom is -0.354 e. The molecule has 7 nitrogen and oxygen atoms in total. The first-order valence-electron chi connectivity index (χ1n) is 10.1. The number of rotatable bonds is 4. The zero-order chi connectivity index (χ0) is 17.1. The van der Waals surface area contributed by atoms with E-state index in [4.69, 9.17) is 0 Å². The Labute approximate surface area is 149 Å². The molecule has 1 amide bonds. The van der Waals surface area contributed by atoms with E-state index in [-0.39, 0.29) is 5.91 Å². The maximum absolute atomic E-state index is 13.2. The van der Waals surface area contributed by atoms with E-state index in [9.17, 15) is 4.79 Å². The number of fused-ring (bicyclic) bond motifs is 1. The lowest BCUT2D eigenvalue weighted by atomic mass is 9.80. The van der Waals surface area contributed by atoms with Crippen molar-refractivity contribution in [3.63, 3.8) is 0 Å². The minimum absolute atomic E-state index is 0.118. The van der Waals surface area contributed by atoms with Crippen LogP contribution in [0.25, 0.3) is 0 Å². The Morgan fingerprint density at radius 2 is 1.92 bits per heavy atom. The van der Waals surface area contributed by atoms with Crippen LogP contribution in [0.15, 0.2) is 6.33 Å². The number of hydrogen-bond acceptors (Lipinski definition) is 5. The van der Waals surface area contributed by atoms with Crippen LogP contribution < -0.4 is 5.32 Å². The molecule has 1 N–H and O–H groups in total. The molecule has 0 spiro atoms. The summed E-state index contributed by atoms with van der Waals surface area (Å²) in [6, 6.07) is 0.665. The molecular weight excluding hydrogens is 316 g/mol. The van der Waals surface area contributed by atoms with Crippen molar-refractivity contribution in [3.8, 4) is 0 Å². The lowest BCUT2D eigenvalue weighted by Gasteiger charge is -2.45. The summed E-state index contributed by atoms with van der Waals surface area (Å²) in [5.41, 5.74) is -0.581. The van der Waals surface area contributed by atoms with E-state index in [0.29, 0.717) is 12.0 Å². The number of amides is 1. The van der Waals surface area contributed by atoms with Gasteiger partial charge in [0.25, 0.3) is 0 Å². The fraction of sp³-hybridized carbons (Fsp3) is 0.889. The Kier molecular flexibility index (Phi) is 5.01. The first-order chi connectivity index (χ1) is 12.3. The number of nitrogens with zero attached hydrogens (tertiary/aromatic N) is 5. The average Bonchev–Trinajstić information content (AvgIpc) is 3.22. The second-order valence-electron chi connectivity index (χ2n) is 8.06. The highest BCUT2D eigenvalue weighted by Gasteiger charge is 2.43. The van der Waals surface area contributed by atoms with Crippen LogP contribution in [0.4, 0.5) is 0 Å². The molecule has 0 aromatic carbocycles. The molecule has 138 valence electrons. The number of aromatic nitrogens is 4. The van der Waals surface area contributed by atoms with Crippen molar-refractivity contribution < 1.29 is 4.79 Å². The van der Waals surface area contributed by atoms with Gasteiger partial charge in [-0.25, -0.2) is 4.68 Å². The van der Waals surface area contributed by atoms with Crippen LogP contribution >= 0.6 is 0 Å². The number of carbonyl (C=O) groups excluding carboxylic acids is 1. The number of nitrogens with one attached hydrogen (secondary N) is 1. The predicted octanol–water partition coefficient (Wildman–Crippen LogP) is 1.71. The van der Waals surface area contributed by atoms with Crippen LogP contribution in [0.1, 0.15) is 64.2 Å². The summed E-state index contributed by atoms with van der Waals surface area (Å²) in [5, 5.41) is 14.9. The summed E-state index contributed by atoms with van der Waals surface area (Å²) in [4.78, 5) is 15.8. The normalized spacial score (nSPS) is 29.8. The van der Waals surface area contributed by atoms with E-state index in [1.807, 2.05) is 0 Å². The summed E-state index contributed by atoms with van der Waals surface area (Å²) in [5.74, 6) is 0.708. The molecule has 0 unspecified atom stereocenters. The summed E-state index contributed by atoms with van der Waals surface area (Å²) in [6.07, 6.45) is 13.0. The van der Waals surface area contributed by atoms with Crippen LogP contribution in [0.3, 0.4) is 0 Å². The average molecular weight is 346 g/mol. The maximum atomic E-state index is 13.2. The monoisotopic (exact) mass is 346 g/mol. The lowest BCUT2D eigenvalue weighted by molar-refractivity contribution is -0.132. The van der Waals surface area contributed by atoms with E-state index < -0.39 is 5.54 Å². The first kappa shape index (κ1) is 16.9. The highest BCUT2D eigenvalue weighted by molar-refractivity contribution is 5.84. The molecule has 2 saturated heterocycles. The van der Waals surface area contributed by atoms with Crippen molar-refractivity contribution in [2.24, 2.45) is 5.92 Å². The van der Waals surface area contributed by atoms with Crippen molar-refractivity contribution in [2.45, 2.75) is 75.8 Å². The highest BCUT2D eigenvalue weighted by atomic mass is 16.2. The van der Waals surface area contributed by atoms with Gasteiger partial charge in [-0.05, 0) is 68.0 Å². The van der Waals surface area contributed by atoms with Gasteiger partial charge >= 0.3 is 0 Å². The standard InChI is InChI=1S/C18H30N6O/c25-17(18(9-3-1-4-10-18)24-14-20-21-22-24)19-13-15-7-6-12-23-11-5-2-8-16(15)23/h14-16H,1-13H2,(H,19,25)/t15-,16+/m1/s1. The van der Waals surface area contributed by atoms with Gasteiger partial charge in [-0.3, -0.25) is 4.79 Å². The van der Waals surface area contributed by atoms with Crippen LogP contribution in [0.2, 0.25) is 0 Å². The fourth-order valence-corrected chi connectivity index (χ4v) is 5.26. The Bertz CT molecular complexity index is 566. The van der Waals surface area contributed by atoms with Gasteiger partial charge in [0.2, 0.25) is 5.91 Å². The summed E-state index contributed by atoms with van der Waals surface area (Å²) < 4.78 is 1.70. The largest absolute Gasteiger partial charge is 0.354 e. The number of piperidine rings is 2. The Hall–Kier alpha value is -1.50. The maximum Gasteiger partial charge on any atom is 0.248 e. The van der Waals surface area contributed by atoms with Crippen molar-refractivity contribution in [1.82, 2.24) is 30.4 Å². The van der Waals surface area contributed by atoms with E-state index in [1.165, 1.54) is 51.6 Å². The molecule has 3 fully saturated rings. The number of carbonyl (C=O) groups is 1. The molecule has 1 aromatic rings. The van der Waals surface area contributed by atoms with E-state index in [0.717, 1.165) is 32.2 Å². The topological polar surface area (TPSA) is 75.9 Å². The van der Waals surface area contributed by atoms with E-state index in [1.54, 1.807) is 11.0 Å². The minimum atomic E-state index is -0.581. The fourth-order valence-electron chi connectivity index (χ4n) is 5.26. The Balaban J connectivity index is 1.43. The third-order valence-electron chi connectivity index (χ3n) is 6.64. The van der Waals surface area contributed by atoms with Gasteiger partial charge in [-0.2, -0.15) is 0 Å². The highest BCUT2D eigenvalue weighted by Crippen LogP contribution is 2.35. The van der Waals surface area contributed by atoms with Crippen LogP contribution in [0, 0.1) is 5.92 Å². The molecule has 7 heteroatoms. The predicted molar refractivity (Wildman–Crippen MR) is 93.8 cm³/mol. The zero-order valence-corrected chi connectivity index (χ0v) is 15.1. The quantitative estimate of drug-likeness (QED) is 0.898. The summed E-state index contributed by atoms with van der Waals surface area (Å²) in [7, 11) is 0. The molecule has 25 heavy (non-hydrogen) atoms. The van der Waals surface area contributed by atoms with Gasteiger partial charge in [0, 0.05) is 12.6 Å². The molecule has 3 aliphatic rings. The molecule has 2 aliphatic heterocycles. The van der Waals surface area contributed by atoms with Gasteiger partial charge in [0.1, 0.15) is 11.9 Å². The summed E-state index contributed by atoms with van der Waals surface area (Å²) in [6.45, 7) is 3.28. The second-order valence-corrected chi connectivity index (χ2v) is 8.06. The molecule has 4 rings (SSSR count). The van der Waals surface area contributed by atoms with Gasteiger partial charge in [-0.1, -0.05) is 25.7 Å². The lowest BCUT2D eigenvalue weighted by Crippen LogP contribution is -2.54. The molecule has 3 heterocycles. The zero-order valence-electron chi connectivity index (χ0n) is 15.1. The van der Waals surface area contributed by atoms with Gasteiger partial charge in [-0.15, -0.1) is 5.10 Å². The molecule has 1 saturated carbocycles. The van der Waals surface area contributed by atoms with Crippen LogP contribution in [-0.4, -0.2) is 56.7 Å². The second kappa shape index (κ2) is 7.40. The molecular formula is C18H30N6O. The van der Waals surface area contributed by atoms with Crippen molar-refractivity contribution in [3.05, 3.63) is 6.33 Å². The first-order valence-corrected chi connectivity index (χ1v) is 10.1. The number of tetrazole rings is 1. The third-order valence-corrected chi connectivity index (χ3v) is 6.64. The molecule has 0 bridgehead atoms. The number of hydrogen-bond donors (Lipinski definition) is 1. The van der Waals surface area contributed by atoms with Crippen molar-refractivity contribution in [2.75, 3.05) is 19.6 Å². The van der Waals surface area contributed by atoms with Gasteiger partial charge in [0.15, 0.2) is 0 Å². The molecule has 1 aromatic heterocycles. The van der Waals surface area contributed by atoms with E-state index >= 15 is 0 Å². The van der Waals surface area contributed by atoms with Crippen LogP contribution in [-0.2, 0) is 10.3 Å². The SMILES string of the molecule is O=C(NC[C@H]1CCCN2CCCC[C@@H]12)C1(n2cnnn2)CCCCC1.